The Hall–Kier alpha value is -1.08. The van der Waals surface area contributed by atoms with Gasteiger partial charge in [-0.1, -0.05) is 20.8 Å². The van der Waals surface area contributed by atoms with E-state index in [0.717, 1.165) is 31.2 Å². The van der Waals surface area contributed by atoms with E-state index in [1.54, 1.807) is 4.90 Å². The monoisotopic (exact) mass is 289 g/mol. The number of likely N-dealkylation sites (tertiary alicyclic amines) is 1. The van der Waals surface area contributed by atoms with Crippen LogP contribution in [0, 0.1) is 29.7 Å². The molecule has 1 N–H and O–H groups in total. The van der Waals surface area contributed by atoms with Crippen LogP contribution in [0.2, 0.25) is 0 Å². The van der Waals surface area contributed by atoms with Gasteiger partial charge < -0.3 is 5.32 Å². The van der Waals surface area contributed by atoms with Gasteiger partial charge in [-0.05, 0) is 42.4 Å². The minimum absolute atomic E-state index is 0.110. The fourth-order valence-electron chi connectivity index (χ4n) is 4.91. The number of fused-ring (bicyclic) bond motifs is 2. The van der Waals surface area contributed by atoms with Crippen molar-refractivity contribution in [1.29, 1.82) is 0 Å². The molecule has 0 aromatic carbocycles. The van der Waals surface area contributed by atoms with Crippen LogP contribution in [0.1, 0.15) is 46.5 Å². The fraction of sp³-hybridized carbons (Fsp3) is 0.882. The summed E-state index contributed by atoms with van der Waals surface area (Å²) in [4.78, 5) is 17.6. The molecule has 5 atom stereocenters. The van der Waals surface area contributed by atoms with E-state index in [-0.39, 0.29) is 12.1 Å². The lowest BCUT2D eigenvalue weighted by molar-refractivity contribution is -0.133. The first-order chi connectivity index (χ1) is 9.95. The summed E-state index contributed by atoms with van der Waals surface area (Å²) >= 11 is 0. The molecule has 4 fully saturated rings. The van der Waals surface area contributed by atoms with Crippen molar-refractivity contribution in [2.75, 3.05) is 13.1 Å². The third-order valence-electron chi connectivity index (χ3n) is 6.56. The van der Waals surface area contributed by atoms with Crippen molar-refractivity contribution in [3.8, 4) is 0 Å². The fourth-order valence-corrected chi connectivity index (χ4v) is 4.91. The molecule has 3 saturated carbocycles. The average Bonchev–Trinajstić information content (AvgIpc) is 2.93. The van der Waals surface area contributed by atoms with Crippen LogP contribution in [-0.2, 0) is 4.79 Å². The summed E-state index contributed by atoms with van der Waals surface area (Å²) in [5, 5.41) is 3.50. The zero-order valence-corrected chi connectivity index (χ0v) is 13.4. The number of carbonyl (C=O) groups excluding carboxylic acids is 1. The molecule has 4 rings (SSSR count). The molecular weight excluding hydrogens is 262 g/mol. The second-order valence-electron chi connectivity index (χ2n) is 7.78. The molecule has 2 bridgehead atoms. The number of nitrogens with one attached hydrogen (secondary N) is 1. The minimum Gasteiger partial charge on any atom is -0.305 e. The molecule has 21 heavy (non-hydrogen) atoms. The maximum atomic E-state index is 12.3. The van der Waals surface area contributed by atoms with E-state index >= 15 is 0 Å². The second kappa shape index (κ2) is 5.28. The van der Waals surface area contributed by atoms with Gasteiger partial charge in [-0.3, -0.25) is 14.5 Å². The van der Waals surface area contributed by atoms with Crippen molar-refractivity contribution in [2.24, 2.45) is 23.2 Å². The highest BCUT2D eigenvalue weighted by molar-refractivity contribution is 5.79. The van der Waals surface area contributed by atoms with E-state index in [1.807, 2.05) is 0 Å². The molecule has 0 unspecified atom stereocenters. The Bertz CT molecular complexity index is 467. The summed E-state index contributed by atoms with van der Waals surface area (Å²) < 4.78 is 0. The van der Waals surface area contributed by atoms with Gasteiger partial charge in [0.2, 0.25) is 5.91 Å². The number of hydrogen-bond acceptors (Lipinski definition) is 2. The molecule has 0 radical (unpaired) electrons. The molecular formula is C17H27N3O. The van der Waals surface area contributed by atoms with Crippen molar-refractivity contribution < 1.29 is 4.79 Å². The van der Waals surface area contributed by atoms with Crippen LogP contribution < -0.4 is 5.32 Å². The van der Waals surface area contributed by atoms with Crippen LogP contribution in [0.5, 0.6) is 0 Å². The van der Waals surface area contributed by atoms with Crippen molar-refractivity contribution >= 4 is 5.91 Å². The Morgan fingerprint density at radius 1 is 1.43 bits per heavy atom. The van der Waals surface area contributed by atoms with Crippen molar-refractivity contribution in [3.63, 3.8) is 0 Å². The zero-order valence-electron chi connectivity index (χ0n) is 13.4. The summed E-state index contributed by atoms with van der Waals surface area (Å²) in [7, 11) is 0. The Labute approximate surface area is 128 Å². The molecule has 4 nitrogen and oxygen atoms in total. The number of carbonyl (C=O) groups is 1. The summed E-state index contributed by atoms with van der Waals surface area (Å²) in [6, 6.07) is 0.472. The molecule has 1 amide bonds. The van der Waals surface area contributed by atoms with Gasteiger partial charge in [0, 0.05) is 19.0 Å². The number of rotatable bonds is 3. The maximum absolute atomic E-state index is 12.3. The van der Waals surface area contributed by atoms with Crippen molar-refractivity contribution in [3.05, 3.63) is 11.4 Å². The van der Waals surface area contributed by atoms with Gasteiger partial charge in [0.25, 0.3) is 0 Å². The van der Waals surface area contributed by atoms with Crippen LogP contribution in [0.25, 0.3) is 4.85 Å². The topological polar surface area (TPSA) is 36.7 Å². The Balaban J connectivity index is 1.52. The highest BCUT2D eigenvalue weighted by atomic mass is 16.2. The standard InChI is InChI=1S/C17H27N3O/c1-11-13-8-12(17(13,2)3)9-14(11)19-10-16(21)20-7-5-6-15(20)18-4/h11-15,19H,5-10H2,1-3H3/t11-,12+,13-,14-,15-/m0/s1. The van der Waals surface area contributed by atoms with E-state index in [4.69, 9.17) is 6.57 Å². The molecule has 1 heterocycles. The molecule has 0 aromatic rings. The Morgan fingerprint density at radius 3 is 2.81 bits per heavy atom. The molecule has 116 valence electrons. The number of hydrogen-bond donors (Lipinski definition) is 1. The lowest BCUT2D eigenvalue weighted by Gasteiger charge is -2.62. The number of nitrogens with zero attached hydrogens (tertiary/aromatic N) is 2. The predicted molar refractivity (Wildman–Crippen MR) is 82.3 cm³/mol. The van der Waals surface area contributed by atoms with Crippen LogP contribution in [0.15, 0.2) is 0 Å². The molecule has 0 spiro atoms. The van der Waals surface area contributed by atoms with Gasteiger partial charge in [0.1, 0.15) is 0 Å². The van der Waals surface area contributed by atoms with Gasteiger partial charge >= 0.3 is 6.17 Å². The quantitative estimate of drug-likeness (QED) is 0.811. The Kier molecular flexibility index (Phi) is 3.73. The van der Waals surface area contributed by atoms with E-state index < -0.39 is 0 Å². The lowest BCUT2D eigenvalue weighted by atomic mass is 9.45. The van der Waals surface area contributed by atoms with Crippen molar-refractivity contribution in [2.45, 2.75) is 58.7 Å². The smallest absolute Gasteiger partial charge is 0.300 e. The molecule has 1 saturated heterocycles. The van der Waals surface area contributed by atoms with Crippen LogP contribution in [0.3, 0.4) is 0 Å². The SMILES string of the molecule is [C-]#[N+][C@@H]1CCCN1C(=O)CN[C@H]1C[C@H]2C[C@@H]([C@@H]1C)C2(C)C. The second-order valence-corrected chi connectivity index (χ2v) is 7.78. The van der Waals surface area contributed by atoms with E-state index in [0.29, 0.717) is 23.9 Å². The Morgan fingerprint density at radius 2 is 2.19 bits per heavy atom. The largest absolute Gasteiger partial charge is 0.305 e. The zero-order chi connectivity index (χ0) is 15.2. The summed E-state index contributed by atoms with van der Waals surface area (Å²) in [6.45, 7) is 15.5. The van der Waals surface area contributed by atoms with Crippen molar-refractivity contribution in [1.82, 2.24) is 10.2 Å². The number of amides is 1. The van der Waals surface area contributed by atoms with Crippen LogP contribution >= 0.6 is 0 Å². The first-order valence-electron chi connectivity index (χ1n) is 8.34. The third kappa shape index (κ3) is 2.36. The normalized spacial score (nSPS) is 40.5. The van der Waals surface area contributed by atoms with E-state index in [2.05, 4.69) is 30.9 Å². The summed E-state index contributed by atoms with van der Waals surface area (Å²) in [6.07, 6.45) is 4.16. The molecule has 4 heteroatoms. The lowest BCUT2D eigenvalue weighted by Crippen LogP contribution is -2.60. The van der Waals surface area contributed by atoms with Crippen LogP contribution in [-0.4, -0.2) is 36.1 Å². The van der Waals surface area contributed by atoms with E-state index in [9.17, 15) is 4.79 Å². The average molecular weight is 289 g/mol. The van der Waals surface area contributed by atoms with Crippen LogP contribution in [0.4, 0.5) is 0 Å². The minimum atomic E-state index is -0.213. The highest BCUT2D eigenvalue weighted by Gasteiger charge is 2.56. The van der Waals surface area contributed by atoms with Gasteiger partial charge in [-0.15, -0.1) is 0 Å². The summed E-state index contributed by atoms with van der Waals surface area (Å²) in [5.41, 5.74) is 0.492. The van der Waals surface area contributed by atoms with Gasteiger partial charge in [-0.2, -0.15) is 0 Å². The highest BCUT2D eigenvalue weighted by Crippen LogP contribution is 2.61. The third-order valence-corrected chi connectivity index (χ3v) is 6.56. The first kappa shape index (κ1) is 14.8. The predicted octanol–water partition coefficient (Wildman–Crippen LogP) is 2.51. The van der Waals surface area contributed by atoms with E-state index in [1.165, 1.54) is 12.8 Å². The van der Waals surface area contributed by atoms with Gasteiger partial charge in [0.05, 0.1) is 6.54 Å². The van der Waals surface area contributed by atoms with Gasteiger partial charge in [-0.25, -0.2) is 6.57 Å². The molecule has 1 aliphatic heterocycles. The summed E-state index contributed by atoms with van der Waals surface area (Å²) in [5.74, 6) is 2.37. The molecule has 4 aliphatic rings. The molecule has 0 aromatic heterocycles. The molecule has 3 aliphatic carbocycles. The first-order valence-corrected chi connectivity index (χ1v) is 8.34. The van der Waals surface area contributed by atoms with Gasteiger partial charge in [0.15, 0.2) is 0 Å². The maximum Gasteiger partial charge on any atom is 0.300 e.